The second kappa shape index (κ2) is 9.60. The molecule has 39 heavy (non-hydrogen) atoms. The summed E-state index contributed by atoms with van der Waals surface area (Å²) >= 11 is 0. The lowest BCUT2D eigenvalue weighted by Gasteiger charge is -2.15. The largest absolute Gasteiger partial charge is 0.454 e. The van der Waals surface area contributed by atoms with Crippen LogP contribution >= 0.6 is 0 Å². The van der Waals surface area contributed by atoms with Crippen LogP contribution in [0.15, 0.2) is 74.8 Å². The number of fused-ring (bicyclic) bond motifs is 2. The zero-order valence-electron chi connectivity index (χ0n) is 21.1. The third-order valence-corrected chi connectivity index (χ3v) is 6.69. The highest BCUT2D eigenvalue weighted by Crippen LogP contribution is 2.34. The molecule has 0 fully saturated rings. The van der Waals surface area contributed by atoms with Crippen LogP contribution in [-0.2, 0) is 17.9 Å². The first-order valence-electron chi connectivity index (χ1n) is 12.2. The first kappa shape index (κ1) is 24.2. The van der Waals surface area contributed by atoms with E-state index in [1.165, 1.54) is 16.7 Å². The van der Waals surface area contributed by atoms with Crippen LogP contribution in [0.1, 0.15) is 17.0 Å². The zero-order valence-corrected chi connectivity index (χ0v) is 21.1. The highest BCUT2D eigenvalue weighted by molar-refractivity contribution is 5.93. The van der Waals surface area contributed by atoms with Crippen LogP contribution in [0, 0.1) is 13.8 Å². The number of carbonyl (C=O) groups is 1. The Bertz CT molecular complexity index is 1850. The molecule has 11 nitrogen and oxygen atoms in total. The fourth-order valence-corrected chi connectivity index (χ4v) is 4.48. The SMILES string of the molecule is Cc1cccc(NC(=O)Cn2c(=O)n(Cc3nc(-c4ccccc4)no3)c(=O)c3cc4c(cc32)OCO4)c1C. The molecule has 5 aromatic rings. The second-order valence-electron chi connectivity index (χ2n) is 9.16. The molecule has 1 aliphatic heterocycles. The van der Waals surface area contributed by atoms with E-state index >= 15 is 0 Å². The molecular weight excluding hydrogens is 502 g/mol. The van der Waals surface area contributed by atoms with Gasteiger partial charge in [-0.2, -0.15) is 4.98 Å². The topological polar surface area (TPSA) is 130 Å². The van der Waals surface area contributed by atoms with E-state index in [-0.39, 0.29) is 36.7 Å². The van der Waals surface area contributed by atoms with Crippen molar-refractivity contribution in [3.8, 4) is 22.9 Å². The Balaban J connectivity index is 1.42. The van der Waals surface area contributed by atoms with Gasteiger partial charge in [0.2, 0.25) is 24.4 Å². The molecule has 0 radical (unpaired) electrons. The summed E-state index contributed by atoms with van der Waals surface area (Å²) in [6.45, 7) is 3.22. The van der Waals surface area contributed by atoms with Gasteiger partial charge in [0, 0.05) is 17.3 Å². The molecule has 1 amide bonds. The number of amides is 1. The monoisotopic (exact) mass is 525 g/mol. The number of nitrogens with zero attached hydrogens (tertiary/aromatic N) is 4. The van der Waals surface area contributed by atoms with Crippen molar-refractivity contribution >= 4 is 22.5 Å². The van der Waals surface area contributed by atoms with Gasteiger partial charge in [0.15, 0.2) is 11.5 Å². The molecule has 2 aromatic heterocycles. The number of benzene rings is 3. The van der Waals surface area contributed by atoms with Crippen molar-refractivity contribution in [1.82, 2.24) is 19.3 Å². The maximum absolute atomic E-state index is 13.7. The van der Waals surface area contributed by atoms with Crippen LogP contribution in [0.5, 0.6) is 11.5 Å². The average molecular weight is 526 g/mol. The number of carbonyl (C=O) groups excluding carboxylic acids is 1. The lowest BCUT2D eigenvalue weighted by Crippen LogP contribution is -2.42. The van der Waals surface area contributed by atoms with E-state index < -0.39 is 17.2 Å². The van der Waals surface area contributed by atoms with Gasteiger partial charge in [-0.1, -0.05) is 47.6 Å². The van der Waals surface area contributed by atoms with E-state index in [4.69, 9.17) is 14.0 Å². The fraction of sp³-hybridized carbons (Fsp3) is 0.179. The minimum absolute atomic E-state index is 0.0125. The highest BCUT2D eigenvalue weighted by Gasteiger charge is 2.23. The summed E-state index contributed by atoms with van der Waals surface area (Å²) in [5.41, 5.74) is 2.26. The van der Waals surface area contributed by atoms with Gasteiger partial charge in [-0.25, -0.2) is 4.79 Å². The van der Waals surface area contributed by atoms with Crippen LogP contribution in [0.25, 0.3) is 22.3 Å². The van der Waals surface area contributed by atoms with Crippen LogP contribution < -0.4 is 26.0 Å². The predicted octanol–water partition coefficient (Wildman–Crippen LogP) is 3.25. The third-order valence-electron chi connectivity index (χ3n) is 6.69. The molecule has 0 saturated heterocycles. The second-order valence-corrected chi connectivity index (χ2v) is 9.16. The first-order valence-corrected chi connectivity index (χ1v) is 12.2. The van der Waals surface area contributed by atoms with E-state index in [0.717, 1.165) is 21.3 Å². The average Bonchev–Trinajstić information content (AvgIpc) is 3.61. The predicted molar refractivity (Wildman–Crippen MR) is 142 cm³/mol. The number of anilines is 1. The lowest BCUT2D eigenvalue weighted by atomic mass is 10.1. The molecule has 3 aromatic carbocycles. The van der Waals surface area contributed by atoms with Crippen molar-refractivity contribution in [2.24, 2.45) is 0 Å². The smallest absolute Gasteiger partial charge is 0.332 e. The number of nitrogens with one attached hydrogen (secondary N) is 1. The number of ether oxygens (including phenoxy) is 2. The maximum Gasteiger partial charge on any atom is 0.332 e. The minimum atomic E-state index is -0.707. The van der Waals surface area contributed by atoms with Crippen molar-refractivity contribution in [2.45, 2.75) is 26.9 Å². The molecule has 0 aliphatic carbocycles. The van der Waals surface area contributed by atoms with Gasteiger partial charge in [0.05, 0.1) is 10.9 Å². The Morgan fingerprint density at radius 1 is 0.974 bits per heavy atom. The maximum atomic E-state index is 13.7. The van der Waals surface area contributed by atoms with Gasteiger partial charge in [-0.05, 0) is 37.1 Å². The summed E-state index contributed by atoms with van der Waals surface area (Å²) in [7, 11) is 0. The Kier molecular flexibility index (Phi) is 5.95. The van der Waals surface area contributed by atoms with Crippen LogP contribution in [-0.4, -0.2) is 32.0 Å². The van der Waals surface area contributed by atoms with Crippen LogP contribution in [0.3, 0.4) is 0 Å². The Labute approximate surface area is 221 Å². The molecule has 0 atom stereocenters. The number of aromatic nitrogens is 4. The molecule has 196 valence electrons. The van der Waals surface area contributed by atoms with E-state index in [9.17, 15) is 14.4 Å². The minimum Gasteiger partial charge on any atom is -0.454 e. The molecule has 0 saturated carbocycles. The normalized spacial score (nSPS) is 12.2. The Hall–Kier alpha value is -5.19. The molecule has 11 heteroatoms. The first-order chi connectivity index (χ1) is 18.9. The number of hydrogen-bond donors (Lipinski definition) is 1. The van der Waals surface area contributed by atoms with Crippen LogP contribution in [0.2, 0.25) is 0 Å². The van der Waals surface area contributed by atoms with Crippen LogP contribution in [0.4, 0.5) is 5.69 Å². The van der Waals surface area contributed by atoms with Gasteiger partial charge in [0.25, 0.3) is 5.56 Å². The molecule has 1 aliphatic rings. The van der Waals surface area contributed by atoms with Crippen molar-refractivity contribution in [1.29, 1.82) is 0 Å². The quantitative estimate of drug-likeness (QED) is 0.358. The summed E-state index contributed by atoms with van der Waals surface area (Å²) in [4.78, 5) is 44.7. The molecule has 6 rings (SSSR count). The van der Waals surface area contributed by atoms with E-state index in [1.54, 1.807) is 6.07 Å². The number of hydrogen-bond acceptors (Lipinski definition) is 8. The molecule has 3 heterocycles. The lowest BCUT2D eigenvalue weighted by molar-refractivity contribution is -0.116. The summed E-state index contributed by atoms with van der Waals surface area (Å²) in [5.74, 6) is 0.724. The third kappa shape index (κ3) is 4.43. The summed E-state index contributed by atoms with van der Waals surface area (Å²) < 4.78 is 18.5. The standard InChI is InChI=1S/C28H23N5O6/c1-16-7-6-10-20(17(16)2)29-24(34)13-32-21-12-23-22(37-15-38-23)11-19(21)27(35)33(28(32)36)14-25-30-26(31-39-25)18-8-4-3-5-9-18/h3-12H,13-15H2,1-2H3,(H,29,34). The molecule has 0 spiro atoms. The number of rotatable bonds is 6. The van der Waals surface area contributed by atoms with Crippen molar-refractivity contribution in [3.05, 3.63) is 98.5 Å². The highest BCUT2D eigenvalue weighted by atomic mass is 16.7. The molecule has 1 N–H and O–H groups in total. The Morgan fingerprint density at radius 2 is 1.74 bits per heavy atom. The summed E-state index contributed by atoms with van der Waals surface area (Å²) in [5, 5.41) is 7.02. The summed E-state index contributed by atoms with van der Waals surface area (Å²) in [6.07, 6.45) is 0. The fourth-order valence-electron chi connectivity index (χ4n) is 4.48. The van der Waals surface area contributed by atoms with E-state index in [2.05, 4.69) is 15.5 Å². The molecule has 0 unspecified atom stereocenters. The van der Waals surface area contributed by atoms with Crippen molar-refractivity contribution < 1.29 is 18.8 Å². The zero-order chi connectivity index (χ0) is 27.1. The Morgan fingerprint density at radius 3 is 2.54 bits per heavy atom. The molecular formula is C28H23N5O6. The van der Waals surface area contributed by atoms with Crippen molar-refractivity contribution in [2.75, 3.05) is 12.1 Å². The summed E-state index contributed by atoms with van der Waals surface area (Å²) in [6, 6.07) is 17.8. The van der Waals surface area contributed by atoms with E-state index in [1.807, 2.05) is 56.3 Å². The van der Waals surface area contributed by atoms with Gasteiger partial charge >= 0.3 is 5.69 Å². The van der Waals surface area contributed by atoms with Gasteiger partial charge in [0.1, 0.15) is 13.1 Å². The van der Waals surface area contributed by atoms with Gasteiger partial charge in [-0.15, -0.1) is 0 Å². The number of aryl methyl sites for hydroxylation is 1. The van der Waals surface area contributed by atoms with Gasteiger partial charge in [-0.3, -0.25) is 18.7 Å². The van der Waals surface area contributed by atoms with Gasteiger partial charge < -0.3 is 19.3 Å². The van der Waals surface area contributed by atoms with Crippen molar-refractivity contribution in [3.63, 3.8) is 0 Å². The van der Waals surface area contributed by atoms with E-state index in [0.29, 0.717) is 23.0 Å². The molecule has 0 bridgehead atoms.